The number of ether oxygens (including phenoxy) is 1. The molecule has 0 aromatic heterocycles. The third-order valence-corrected chi connectivity index (χ3v) is 9.94. The number of methoxy groups -OCH3 is 1. The topological polar surface area (TPSA) is 66.9 Å². The first-order chi connectivity index (χ1) is 14.8. The number of hydrogen-bond acceptors (Lipinski definition) is 5. The second kappa shape index (κ2) is 8.83. The van der Waals surface area contributed by atoms with E-state index in [1.165, 1.54) is 16.4 Å². The van der Waals surface area contributed by atoms with Gasteiger partial charge in [-0.05, 0) is 55.3 Å². The quantitative estimate of drug-likeness (QED) is 0.623. The predicted molar refractivity (Wildman–Crippen MR) is 124 cm³/mol. The molecule has 2 aliphatic rings. The van der Waals surface area contributed by atoms with E-state index in [0.717, 1.165) is 5.75 Å². The molecule has 166 valence electrons. The molecule has 2 aromatic rings. The Morgan fingerprint density at radius 3 is 2.39 bits per heavy atom. The van der Waals surface area contributed by atoms with Crippen molar-refractivity contribution in [3.63, 3.8) is 0 Å². The summed E-state index contributed by atoms with van der Waals surface area (Å²) in [7, 11) is -2.18. The van der Waals surface area contributed by atoms with Gasteiger partial charge in [-0.2, -0.15) is 4.31 Å². The third kappa shape index (κ3) is 4.28. The van der Waals surface area contributed by atoms with Crippen molar-refractivity contribution >= 4 is 50.9 Å². The molecule has 0 saturated carbocycles. The summed E-state index contributed by atoms with van der Waals surface area (Å²) in [5.41, 5.74) is 0.600. The first-order valence-corrected chi connectivity index (χ1v) is 13.0. The average molecular weight is 501 g/mol. The maximum Gasteiger partial charge on any atom is 0.255 e. The second-order valence-corrected chi connectivity index (χ2v) is 11.7. The molecule has 0 atom stereocenters. The molecule has 1 amide bonds. The van der Waals surface area contributed by atoms with Crippen LogP contribution in [-0.2, 0) is 10.0 Å². The van der Waals surface area contributed by atoms with E-state index in [-0.39, 0.29) is 15.8 Å². The Morgan fingerprint density at radius 2 is 1.74 bits per heavy atom. The molecule has 1 spiro atoms. The molecule has 2 saturated heterocycles. The van der Waals surface area contributed by atoms with Gasteiger partial charge in [-0.15, -0.1) is 11.8 Å². The van der Waals surface area contributed by atoms with Crippen molar-refractivity contribution in [2.75, 3.05) is 32.5 Å². The van der Waals surface area contributed by atoms with E-state index in [1.807, 2.05) is 4.90 Å². The Hall–Kier alpha value is -1.45. The smallest absolute Gasteiger partial charge is 0.255 e. The highest BCUT2D eigenvalue weighted by molar-refractivity contribution is 8.00. The van der Waals surface area contributed by atoms with Crippen LogP contribution < -0.4 is 4.74 Å². The molecule has 0 unspecified atom stereocenters. The number of halogens is 2. The van der Waals surface area contributed by atoms with E-state index in [1.54, 1.807) is 49.2 Å². The molecule has 6 nitrogen and oxygen atoms in total. The average Bonchev–Trinajstić information content (AvgIpc) is 3.18. The SMILES string of the molecule is COc1ccc(C(=O)N2CCSC23CCN(S(=O)(=O)c2cc(Cl)ccc2Cl)CC3)cc1. The zero-order valence-electron chi connectivity index (χ0n) is 16.9. The Bertz CT molecular complexity index is 1090. The third-order valence-electron chi connectivity index (χ3n) is 5.77. The molecule has 2 aromatic carbocycles. The van der Waals surface area contributed by atoms with Gasteiger partial charge < -0.3 is 9.64 Å². The highest BCUT2D eigenvalue weighted by Crippen LogP contribution is 2.45. The van der Waals surface area contributed by atoms with Gasteiger partial charge in [0.1, 0.15) is 10.6 Å². The molecule has 2 aliphatic heterocycles. The minimum absolute atomic E-state index is 0.0165. The monoisotopic (exact) mass is 500 g/mol. The number of benzene rings is 2. The fourth-order valence-electron chi connectivity index (χ4n) is 4.09. The maximum absolute atomic E-state index is 13.2. The van der Waals surface area contributed by atoms with Crippen LogP contribution in [0, 0.1) is 0 Å². The van der Waals surface area contributed by atoms with Crippen LogP contribution in [0.15, 0.2) is 47.4 Å². The van der Waals surface area contributed by atoms with Gasteiger partial charge >= 0.3 is 0 Å². The molecule has 31 heavy (non-hydrogen) atoms. The summed E-state index contributed by atoms with van der Waals surface area (Å²) in [6, 6.07) is 11.5. The molecule has 2 heterocycles. The van der Waals surface area contributed by atoms with Crippen molar-refractivity contribution in [3.05, 3.63) is 58.1 Å². The lowest BCUT2D eigenvalue weighted by atomic mass is 10.0. The lowest BCUT2D eigenvalue weighted by Gasteiger charge is -2.43. The van der Waals surface area contributed by atoms with Gasteiger partial charge in [-0.1, -0.05) is 23.2 Å². The number of piperidine rings is 1. The van der Waals surface area contributed by atoms with E-state index < -0.39 is 14.9 Å². The molecule has 0 radical (unpaired) electrons. The lowest BCUT2D eigenvalue weighted by molar-refractivity contribution is 0.0605. The number of sulfonamides is 1. The lowest BCUT2D eigenvalue weighted by Crippen LogP contribution is -2.53. The summed E-state index contributed by atoms with van der Waals surface area (Å²) in [6.07, 6.45) is 1.11. The zero-order chi connectivity index (χ0) is 22.2. The number of amides is 1. The van der Waals surface area contributed by atoms with E-state index >= 15 is 0 Å². The van der Waals surface area contributed by atoms with Gasteiger partial charge in [-0.3, -0.25) is 4.79 Å². The van der Waals surface area contributed by atoms with Crippen molar-refractivity contribution in [1.29, 1.82) is 0 Å². The molecule has 0 bridgehead atoms. The number of carbonyl (C=O) groups is 1. The second-order valence-electron chi connectivity index (χ2n) is 7.46. The van der Waals surface area contributed by atoms with Crippen molar-refractivity contribution in [3.8, 4) is 5.75 Å². The van der Waals surface area contributed by atoms with Crippen LogP contribution in [0.1, 0.15) is 23.2 Å². The fourth-order valence-corrected chi connectivity index (χ4v) is 7.72. The molecular formula is C21H22Cl2N2O4S2. The van der Waals surface area contributed by atoms with Crippen LogP contribution in [0.4, 0.5) is 0 Å². The Morgan fingerprint density at radius 1 is 1.06 bits per heavy atom. The summed E-state index contributed by atoms with van der Waals surface area (Å²) in [5.74, 6) is 1.48. The largest absolute Gasteiger partial charge is 0.497 e. The van der Waals surface area contributed by atoms with E-state index in [0.29, 0.717) is 48.8 Å². The number of thioether (sulfide) groups is 1. The Balaban J connectivity index is 1.52. The molecule has 10 heteroatoms. The highest BCUT2D eigenvalue weighted by atomic mass is 35.5. The van der Waals surface area contributed by atoms with Crippen LogP contribution >= 0.6 is 35.0 Å². The van der Waals surface area contributed by atoms with Crippen molar-refractivity contribution in [1.82, 2.24) is 9.21 Å². The normalized spacial score (nSPS) is 19.0. The predicted octanol–water partition coefficient (Wildman–Crippen LogP) is 4.37. The molecule has 0 N–H and O–H groups in total. The van der Waals surface area contributed by atoms with Gasteiger partial charge in [-0.25, -0.2) is 8.42 Å². The molecule has 2 fully saturated rings. The van der Waals surface area contributed by atoms with Gasteiger partial charge in [0.2, 0.25) is 10.0 Å². The molecule has 4 rings (SSSR count). The summed E-state index contributed by atoms with van der Waals surface area (Å²) < 4.78 is 32.9. The van der Waals surface area contributed by atoms with Crippen LogP contribution in [-0.4, -0.2) is 60.9 Å². The van der Waals surface area contributed by atoms with Gasteiger partial charge in [0.25, 0.3) is 5.91 Å². The van der Waals surface area contributed by atoms with E-state index in [9.17, 15) is 13.2 Å². The number of carbonyl (C=O) groups excluding carboxylic acids is 1. The standard InChI is InChI=1S/C21H22Cl2N2O4S2/c1-29-17-5-2-15(3-6-17)20(26)25-12-13-30-21(25)8-10-24(11-9-21)31(27,28)19-14-16(22)4-7-18(19)23/h2-7,14H,8-13H2,1H3. The Labute approximate surface area is 196 Å². The maximum atomic E-state index is 13.2. The summed E-state index contributed by atoms with van der Waals surface area (Å²) >= 11 is 13.9. The van der Waals surface area contributed by atoms with Crippen molar-refractivity contribution in [2.24, 2.45) is 0 Å². The van der Waals surface area contributed by atoms with Gasteiger partial charge in [0.15, 0.2) is 0 Å². The first-order valence-electron chi connectivity index (χ1n) is 9.82. The molecular weight excluding hydrogens is 479 g/mol. The Kier molecular flexibility index (Phi) is 6.47. The summed E-state index contributed by atoms with van der Waals surface area (Å²) in [4.78, 5) is 14.7. The van der Waals surface area contributed by atoms with Crippen molar-refractivity contribution in [2.45, 2.75) is 22.6 Å². The number of hydrogen-bond donors (Lipinski definition) is 0. The van der Waals surface area contributed by atoms with Gasteiger partial charge in [0.05, 0.1) is 17.0 Å². The highest BCUT2D eigenvalue weighted by Gasteiger charge is 2.48. The zero-order valence-corrected chi connectivity index (χ0v) is 20.0. The van der Waals surface area contributed by atoms with Crippen LogP contribution in [0.3, 0.4) is 0 Å². The fraction of sp³-hybridized carbons (Fsp3) is 0.381. The van der Waals surface area contributed by atoms with Crippen molar-refractivity contribution < 1.29 is 17.9 Å². The number of nitrogens with zero attached hydrogens (tertiary/aromatic N) is 2. The minimum Gasteiger partial charge on any atom is -0.497 e. The minimum atomic E-state index is -3.77. The van der Waals surface area contributed by atoms with E-state index in [2.05, 4.69) is 0 Å². The summed E-state index contributed by atoms with van der Waals surface area (Å²) in [5, 5.41) is 0.468. The van der Waals surface area contributed by atoms with Crippen LogP contribution in [0.2, 0.25) is 10.0 Å². The summed E-state index contributed by atoms with van der Waals surface area (Å²) in [6.45, 7) is 1.26. The first kappa shape index (κ1) is 22.7. The molecule has 0 aliphatic carbocycles. The van der Waals surface area contributed by atoms with Gasteiger partial charge in [0, 0.05) is 36.0 Å². The van der Waals surface area contributed by atoms with Crippen LogP contribution in [0.25, 0.3) is 0 Å². The van der Waals surface area contributed by atoms with E-state index in [4.69, 9.17) is 27.9 Å². The van der Waals surface area contributed by atoms with Crippen LogP contribution in [0.5, 0.6) is 5.75 Å². The number of rotatable bonds is 4.